The number of alkyl halides is 1. The third-order valence-electron chi connectivity index (χ3n) is 2.86. The number of nitrogens with zero attached hydrogens (tertiary/aromatic N) is 3. The summed E-state index contributed by atoms with van der Waals surface area (Å²) in [5.74, 6) is 1.09. The van der Waals surface area contributed by atoms with Gasteiger partial charge in [-0.1, -0.05) is 57.7 Å². The molecule has 1 saturated heterocycles. The Labute approximate surface area is 130 Å². The molecule has 0 unspecified atom stereocenters. The van der Waals surface area contributed by atoms with Gasteiger partial charge in [0.2, 0.25) is 0 Å². The van der Waals surface area contributed by atoms with Crippen molar-refractivity contribution in [1.82, 2.24) is 4.90 Å². The van der Waals surface area contributed by atoms with Gasteiger partial charge in [-0.05, 0) is 12.1 Å². The van der Waals surface area contributed by atoms with E-state index in [0.29, 0.717) is 5.25 Å². The van der Waals surface area contributed by atoms with E-state index in [1.165, 1.54) is 0 Å². The van der Waals surface area contributed by atoms with E-state index in [0.717, 1.165) is 40.2 Å². The summed E-state index contributed by atoms with van der Waals surface area (Å²) in [6.45, 7) is 1.92. The highest BCUT2D eigenvalue weighted by Crippen LogP contribution is 2.30. The Balaban J connectivity index is 1.77. The number of hydrogen-bond donors (Lipinski definition) is 0. The van der Waals surface area contributed by atoms with Crippen LogP contribution in [-0.2, 0) is 0 Å². The van der Waals surface area contributed by atoms with Crippen molar-refractivity contribution in [2.75, 3.05) is 24.2 Å². The summed E-state index contributed by atoms with van der Waals surface area (Å²) in [7, 11) is 0. The van der Waals surface area contributed by atoms with Gasteiger partial charge in [0.05, 0.1) is 12.2 Å². The van der Waals surface area contributed by atoms with Crippen LogP contribution in [0.1, 0.15) is 0 Å². The molecule has 0 radical (unpaired) electrons. The van der Waals surface area contributed by atoms with Crippen molar-refractivity contribution >= 4 is 55.5 Å². The van der Waals surface area contributed by atoms with Gasteiger partial charge in [0.1, 0.15) is 0 Å². The van der Waals surface area contributed by atoms with E-state index < -0.39 is 0 Å². The van der Waals surface area contributed by atoms with E-state index >= 15 is 0 Å². The van der Waals surface area contributed by atoms with Gasteiger partial charge in [-0.25, -0.2) is 4.99 Å². The van der Waals surface area contributed by atoms with Crippen LogP contribution in [0, 0.1) is 0 Å². The summed E-state index contributed by atoms with van der Waals surface area (Å²) in [6, 6.07) is 10.1. The van der Waals surface area contributed by atoms with E-state index in [1.54, 1.807) is 0 Å². The largest absolute Gasteiger partial charge is 0.299 e. The van der Waals surface area contributed by atoms with Gasteiger partial charge in [0, 0.05) is 22.9 Å². The maximum Gasteiger partial charge on any atom is 0.170 e. The lowest BCUT2D eigenvalue weighted by Gasteiger charge is -2.17. The van der Waals surface area contributed by atoms with E-state index in [1.807, 2.05) is 53.9 Å². The normalized spacial score (nSPS) is 25.1. The highest BCUT2D eigenvalue weighted by molar-refractivity contribution is 9.09. The van der Waals surface area contributed by atoms with Crippen LogP contribution < -0.4 is 0 Å². The first-order valence-electron chi connectivity index (χ1n) is 6.18. The fourth-order valence-corrected chi connectivity index (χ4v) is 4.50. The van der Waals surface area contributed by atoms with E-state index in [4.69, 9.17) is 4.99 Å². The number of hydrogen-bond acceptors (Lipinski definition) is 4. The lowest BCUT2D eigenvalue weighted by molar-refractivity contribution is 0.688. The van der Waals surface area contributed by atoms with Gasteiger partial charge < -0.3 is 0 Å². The number of halogens is 1. The maximum absolute atomic E-state index is 4.73. The fraction of sp³-hybridized carbons (Fsp3) is 0.385. The summed E-state index contributed by atoms with van der Waals surface area (Å²) in [5.41, 5.74) is 1.01. The summed E-state index contributed by atoms with van der Waals surface area (Å²) in [5, 5.41) is 3.77. The van der Waals surface area contributed by atoms with Crippen molar-refractivity contribution in [2.24, 2.45) is 9.98 Å². The Bertz CT molecular complexity index is 504. The zero-order valence-electron chi connectivity index (χ0n) is 10.3. The molecule has 6 heteroatoms. The molecule has 0 spiro atoms. The highest BCUT2D eigenvalue weighted by Gasteiger charge is 2.29. The highest BCUT2D eigenvalue weighted by atomic mass is 79.9. The number of amidine groups is 2. The minimum Gasteiger partial charge on any atom is -0.299 e. The van der Waals surface area contributed by atoms with Crippen molar-refractivity contribution in [3.8, 4) is 0 Å². The van der Waals surface area contributed by atoms with Gasteiger partial charge >= 0.3 is 0 Å². The van der Waals surface area contributed by atoms with Crippen molar-refractivity contribution in [3.63, 3.8) is 0 Å². The third kappa shape index (κ3) is 3.17. The molecule has 0 aliphatic carbocycles. The molecule has 100 valence electrons. The van der Waals surface area contributed by atoms with Crippen LogP contribution in [0.2, 0.25) is 0 Å². The minimum atomic E-state index is 0.568. The fourth-order valence-electron chi connectivity index (χ4n) is 1.92. The first-order chi connectivity index (χ1) is 9.36. The summed E-state index contributed by atoms with van der Waals surface area (Å²) in [4.78, 5) is 11.6. The second-order valence-corrected chi connectivity index (χ2v) is 7.22. The molecule has 2 aliphatic rings. The second kappa shape index (κ2) is 6.33. The Kier molecular flexibility index (Phi) is 4.50. The number of aliphatic imine (C=N–C) groups is 2. The number of benzene rings is 1. The Morgan fingerprint density at radius 1 is 1.37 bits per heavy atom. The SMILES string of the molecule is BrC[C@@H]1CN=C(N2CCSC2=Nc2ccccc2)S1. The molecule has 1 aromatic carbocycles. The molecule has 2 aliphatic heterocycles. The van der Waals surface area contributed by atoms with Crippen molar-refractivity contribution in [3.05, 3.63) is 30.3 Å². The average molecular weight is 356 g/mol. The molecule has 0 saturated carbocycles. The predicted molar refractivity (Wildman–Crippen MR) is 90.2 cm³/mol. The molecule has 0 aromatic heterocycles. The molecule has 1 atom stereocenters. The van der Waals surface area contributed by atoms with Crippen LogP contribution in [0.4, 0.5) is 5.69 Å². The van der Waals surface area contributed by atoms with Crippen LogP contribution in [-0.4, -0.2) is 44.7 Å². The number of para-hydroxylation sites is 1. The quantitative estimate of drug-likeness (QED) is 0.758. The molecule has 1 aromatic rings. The first kappa shape index (κ1) is 13.5. The molecule has 19 heavy (non-hydrogen) atoms. The minimum absolute atomic E-state index is 0.568. The van der Waals surface area contributed by atoms with Gasteiger partial charge in [-0.15, -0.1) is 0 Å². The maximum atomic E-state index is 4.73. The summed E-state index contributed by atoms with van der Waals surface area (Å²) < 4.78 is 0. The molecule has 0 amide bonds. The van der Waals surface area contributed by atoms with Crippen molar-refractivity contribution in [1.29, 1.82) is 0 Å². The molecule has 3 rings (SSSR count). The molecule has 1 fully saturated rings. The molecular weight excluding hydrogens is 342 g/mol. The molecular formula is C13H14BrN3S2. The zero-order chi connectivity index (χ0) is 13.1. The van der Waals surface area contributed by atoms with E-state index in [2.05, 4.69) is 25.8 Å². The van der Waals surface area contributed by atoms with Crippen LogP contribution in [0.15, 0.2) is 40.3 Å². The molecule has 0 bridgehead atoms. The van der Waals surface area contributed by atoms with Gasteiger partial charge in [0.15, 0.2) is 10.3 Å². The Hall–Kier alpha value is -0.460. The predicted octanol–water partition coefficient (Wildman–Crippen LogP) is 3.59. The van der Waals surface area contributed by atoms with Gasteiger partial charge in [0.25, 0.3) is 0 Å². The lowest BCUT2D eigenvalue weighted by atomic mass is 10.3. The number of rotatable bonds is 2. The number of thioether (sulfide) groups is 2. The van der Waals surface area contributed by atoms with E-state index in [-0.39, 0.29) is 0 Å². The van der Waals surface area contributed by atoms with Gasteiger partial charge in [-0.3, -0.25) is 9.89 Å². The third-order valence-corrected chi connectivity index (χ3v) is 6.24. The lowest BCUT2D eigenvalue weighted by Crippen LogP contribution is -2.28. The van der Waals surface area contributed by atoms with Gasteiger partial charge in [-0.2, -0.15) is 0 Å². The zero-order valence-corrected chi connectivity index (χ0v) is 13.5. The Morgan fingerprint density at radius 3 is 2.95 bits per heavy atom. The van der Waals surface area contributed by atoms with E-state index in [9.17, 15) is 0 Å². The first-order valence-corrected chi connectivity index (χ1v) is 9.16. The summed E-state index contributed by atoms with van der Waals surface area (Å²) >= 11 is 7.20. The van der Waals surface area contributed by atoms with Crippen LogP contribution in [0.5, 0.6) is 0 Å². The van der Waals surface area contributed by atoms with Crippen LogP contribution in [0.3, 0.4) is 0 Å². The summed E-state index contributed by atoms with van der Waals surface area (Å²) in [6.07, 6.45) is 0. The standard InChI is InChI=1S/C13H14BrN3S2/c14-8-11-9-15-12(19-11)17-6-7-18-13(17)16-10-4-2-1-3-5-10/h1-5,11H,6-9H2/t11-/m1/s1. The van der Waals surface area contributed by atoms with Crippen LogP contribution >= 0.6 is 39.5 Å². The monoisotopic (exact) mass is 355 g/mol. The average Bonchev–Trinajstić information content (AvgIpc) is 3.08. The smallest absolute Gasteiger partial charge is 0.170 e. The molecule has 0 N–H and O–H groups in total. The molecule has 2 heterocycles. The molecule has 3 nitrogen and oxygen atoms in total. The van der Waals surface area contributed by atoms with Crippen molar-refractivity contribution in [2.45, 2.75) is 5.25 Å². The van der Waals surface area contributed by atoms with Crippen LogP contribution in [0.25, 0.3) is 0 Å². The Morgan fingerprint density at radius 2 is 2.21 bits per heavy atom. The topological polar surface area (TPSA) is 28.0 Å². The van der Waals surface area contributed by atoms with Crippen molar-refractivity contribution < 1.29 is 0 Å². The second-order valence-electron chi connectivity index (χ2n) is 4.25.